The Balaban J connectivity index is 2.15. The van der Waals surface area contributed by atoms with Crippen molar-refractivity contribution in [2.75, 3.05) is 5.32 Å². The minimum Gasteiger partial charge on any atom is -0.380 e. The number of nitriles is 1. The van der Waals surface area contributed by atoms with Crippen molar-refractivity contribution in [1.29, 1.82) is 5.26 Å². The van der Waals surface area contributed by atoms with Gasteiger partial charge in [-0.15, -0.1) is 0 Å². The highest BCUT2D eigenvalue weighted by Crippen LogP contribution is 2.23. The fraction of sp³-hybridized carbons (Fsp3) is 0.500. The monoisotopic (exact) mass is 229 g/mol. The summed E-state index contributed by atoms with van der Waals surface area (Å²) in [5.74, 6) is 0. The zero-order chi connectivity index (χ0) is 12.3. The van der Waals surface area contributed by atoms with Gasteiger partial charge in [-0.25, -0.2) is 0 Å². The Hall–Kier alpha value is -1.53. The summed E-state index contributed by atoms with van der Waals surface area (Å²) >= 11 is 0. The molecule has 1 aliphatic carbocycles. The van der Waals surface area contributed by atoms with Gasteiger partial charge >= 0.3 is 0 Å². The number of anilines is 1. The van der Waals surface area contributed by atoms with Crippen molar-refractivity contribution in [2.24, 2.45) is 5.73 Å². The molecule has 0 bridgehead atoms. The van der Waals surface area contributed by atoms with Crippen LogP contribution in [0.3, 0.4) is 0 Å². The average molecular weight is 229 g/mol. The van der Waals surface area contributed by atoms with E-state index in [1.165, 1.54) is 12.8 Å². The second-order valence-corrected chi connectivity index (χ2v) is 4.86. The van der Waals surface area contributed by atoms with Gasteiger partial charge in [-0.05, 0) is 37.5 Å². The van der Waals surface area contributed by atoms with Crippen molar-refractivity contribution in [2.45, 2.75) is 44.7 Å². The highest BCUT2D eigenvalue weighted by Gasteiger charge is 2.22. The summed E-state index contributed by atoms with van der Waals surface area (Å²) in [4.78, 5) is 0. The molecule has 1 saturated carbocycles. The molecule has 0 heterocycles. The molecule has 2 atom stereocenters. The Bertz CT molecular complexity index is 434. The molecular weight excluding hydrogens is 210 g/mol. The second kappa shape index (κ2) is 5.20. The summed E-state index contributed by atoms with van der Waals surface area (Å²) in [6.45, 7) is 2.00. The van der Waals surface area contributed by atoms with Crippen LogP contribution < -0.4 is 11.1 Å². The Morgan fingerprint density at radius 1 is 1.35 bits per heavy atom. The van der Waals surface area contributed by atoms with Crippen molar-refractivity contribution < 1.29 is 0 Å². The molecule has 0 spiro atoms. The predicted molar refractivity (Wildman–Crippen MR) is 69.7 cm³/mol. The van der Waals surface area contributed by atoms with E-state index in [4.69, 9.17) is 11.0 Å². The largest absolute Gasteiger partial charge is 0.380 e. The molecule has 3 heteroatoms. The lowest BCUT2D eigenvalue weighted by molar-refractivity contribution is 0.404. The predicted octanol–water partition coefficient (Wildman–Crippen LogP) is 2.55. The molecule has 1 aromatic rings. The molecule has 3 nitrogen and oxygen atoms in total. The summed E-state index contributed by atoms with van der Waals surface area (Å²) in [5, 5.41) is 12.5. The van der Waals surface area contributed by atoms with Gasteiger partial charge < -0.3 is 11.1 Å². The van der Waals surface area contributed by atoms with Crippen molar-refractivity contribution >= 4 is 5.69 Å². The number of nitrogens with two attached hydrogens (primary N) is 1. The third kappa shape index (κ3) is 2.78. The van der Waals surface area contributed by atoms with E-state index >= 15 is 0 Å². The number of rotatable bonds is 2. The van der Waals surface area contributed by atoms with Gasteiger partial charge in [-0.1, -0.05) is 18.9 Å². The van der Waals surface area contributed by atoms with Crippen LogP contribution in [0, 0.1) is 18.3 Å². The Morgan fingerprint density at radius 3 is 2.82 bits per heavy atom. The average Bonchev–Trinajstić information content (AvgIpc) is 2.34. The standard InChI is InChI=1S/C14H19N3/c1-10-6-7-13(11(8-10)9-15)17-14-5-3-2-4-12(14)16/h6-8,12,14,17H,2-5,16H2,1H3. The van der Waals surface area contributed by atoms with Crippen LogP contribution in [-0.4, -0.2) is 12.1 Å². The molecule has 2 rings (SSSR count). The van der Waals surface area contributed by atoms with E-state index in [-0.39, 0.29) is 6.04 Å². The highest BCUT2D eigenvalue weighted by atomic mass is 15.0. The maximum absolute atomic E-state index is 9.12. The van der Waals surface area contributed by atoms with Gasteiger partial charge in [0.1, 0.15) is 6.07 Å². The molecule has 0 radical (unpaired) electrons. The van der Waals surface area contributed by atoms with E-state index in [2.05, 4.69) is 11.4 Å². The van der Waals surface area contributed by atoms with Crippen LogP contribution in [0.15, 0.2) is 18.2 Å². The summed E-state index contributed by atoms with van der Waals surface area (Å²) in [6, 6.07) is 8.67. The molecule has 0 saturated heterocycles. The molecule has 1 fully saturated rings. The van der Waals surface area contributed by atoms with Crippen LogP contribution in [0.1, 0.15) is 36.8 Å². The van der Waals surface area contributed by atoms with Gasteiger partial charge in [0.2, 0.25) is 0 Å². The van der Waals surface area contributed by atoms with Crippen LogP contribution in [0.5, 0.6) is 0 Å². The fourth-order valence-corrected chi connectivity index (χ4v) is 2.41. The number of hydrogen-bond donors (Lipinski definition) is 2. The van der Waals surface area contributed by atoms with E-state index in [0.29, 0.717) is 11.6 Å². The Kier molecular flexibility index (Phi) is 3.65. The number of benzene rings is 1. The van der Waals surface area contributed by atoms with Crippen molar-refractivity contribution in [3.05, 3.63) is 29.3 Å². The van der Waals surface area contributed by atoms with E-state index < -0.39 is 0 Å². The molecule has 0 aliphatic heterocycles. The number of nitrogens with zero attached hydrogens (tertiary/aromatic N) is 1. The van der Waals surface area contributed by atoms with Crippen LogP contribution >= 0.6 is 0 Å². The zero-order valence-corrected chi connectivity index (χ0v) is 10.2. The summed E-state index contributed by atoms with van der Waals surface area (Å²) < 4.78 is 0. The lowest BCUT2D eigenvalue weighted by Crippen LogP contribution is -2.42. The van der Waals surface area contributed by atoms with E-state index in [0.717, 1.165) is 24.1 Å². The number of aryl methyl sites for hydroxylation is 1. The first-order valence-electron chi connectivity index (χ1n) is 6.23. The number of hydrogen-bond acceptors (Lipinski definition) is 3. The lowest BCUT2D eigenvalue weighted by atomic mass is 9.90. The minimum atomic E-state index is 0.205. The number of nitrogens with one attached hydrogen (secondary N) is 1. The van der Waals surface area contributed by atoms with Crippen LogP contribution in [0.4, 0.5) is 5.69 Å². The first-order valence-corrected chi connectivity index (χ1v) is 6.23. The molecule has 1 aliphatic rings. The molecule has 17 heavy (non-hydrogen) atoms. The Labute approximate surface area is 103 Å². The molecule has 2 unspecified atom stereocenters. The van der Waals surface area contributed by atoms with Crippen LogP contribution in [0.2, 0.25) is 0 Å². The van der Waals surface area contributed by atoms with Gasteiger partial charge in [-0.2, -0.15) is 5.26 Å². The molecule has 90 valence electrons. The van der Waals surface area contributed by atoms with Crippen molar-refractivity contribution in [3.8, 4) is 6.07 Å². The van der Waals surface area contributed by atoms with E-state index in [9.17, 15) is 0 Å². The highest BCUT2D eigenvalue weighted by molar-refractivity contribution is 5.59. The van der Waals surface area contributed by atoms with E-state index in [1.807, 2.05) is 25.1 Å². The molecule has 0 aromatic heterocycles. The van der Waals surface area contributed by atoms with Crippen LogP contribution in [0.25, 0.3) is 0 Å². The molecule has 1 aromatic carbocycles. The molecule has 0 amide bonds. The molecular formula is C14H19N3. The Morgan fingerprint density at radius 2 is 2.12 bits per heavy atom. The smallest absolute Gasteiger partial charge is 0.101 e. The lowest BCUT2D eigenvalue weighted by Gasteiger charge is -2.30. The van der Waals surface area contributed by atoms with E-state index in [1.54, 1.807) is 0 Å². The van der Waals surface area contributed by atoms with Gasteiger partial charge in [0, 0.05) is 12.1 Å². The fourth-order valence-electron chi connectivity index (χ4n) is 2.41. The van der Waals surface area contributed by atoms with Crippen LogP contribution in [-0.2, 0) is 0 Å². The zero-order valence-electron chi connectivity index (χ0n) is 10.2. The molecule has 3 N–H and O–H groups in total. The first kappa shape index (κ1) is 11.9. The van der Waals surface area contributed by atoms with Crippen molar-refractivity contribution in [3.63, 3.8) is 0 Å². The SMILES string of the molecule is Cc1ccc(NC2CCCCC2N)c(C#N)c1. The summed E-state index contributed by atoms with van der Waals surface area (Å²) in [5.41, 5.74) is 8.84. The summed E-state index contributed by atoms with van der Waals surface area (Å²) in [7, 11) is 0. The third-order valence-electron chi connectivity index (χ3n) is 3.46. The topological polar surface area (TPSA) is 61.8 Å². The maximum Gasteiger partial charge on any atom is 0.101 e. The second-order valence-electron chi connectivity index (χ2n) is 4.86. The first-order chi connectivity index (χ1) is 8.20. The van der Waals surface area contributed by atoms with Gasteiger partial charge in [-0.3, -0.25) is 0 Å². The minimum absolute atomic E-state index is 0.205. The van der Waals surface area contributed by atoms with Gasteiger partial charge in [0.05, 0.1) is 11.3 Å². The third-order valence-corrected chi connectivity index (χ3v) is 3.46. The van der Waals surface area contributed by atoms with Gasteiger partial charge in [0.25, 0.3) is 0 Å². The maximum atomic E-state index is 9.12. The van der Waals surface area contributed by atoms with Gasteiger partial charge in [0.15, 0.2) is 0 Å². The summed E-state index contributed by atoms with van der Waals surface area (Å²) in [6.07, 6.45) is 4.61. The quantitative estimate of drug-likeness (QED) is 0.819. The van der Waals surface area contributed by atoms with Crippen molar-refractivity contribution in [1.82, 2.24) is 0 Å². The normalized spacial score (nSPS) is 24.1.